The molecule has 60 heavy (non-hydrogen) atoms. The Hall–Kier alpha value is -7.68. The van der Waals surface area contributed by atoms with Crippen LogP contribution in [-0.2, 0) is 10.8 Å². The molecule has 0 N–H and O–H groups in total. The first-order valence-corrected chi connectivity index (χ1v) is 21.1. The third-order valence-electron chi connectivity index (χ3n) is 14.8. The molecule has 2 aromatic heterocycles. The summed E-state index contributed by atoms with van der Waals surface area (Å²) in [5.41, 5.74) is 17.3. The average molecular weight is 759 g/mol. The molecule has 0 aliphatic heterocycles. The lowest BCUT2D eigenvalue weighted by Gasteiger charge is -2.50. The van der Waals surface area contributed by atoms with Crippen LogP contribution in [0.2, 0.25) is 0 Å². The van der Waals surface area contributed by atoms with Crippen LogP contribution in [0.1, 0.15) is 33.4 Å². The molecule has 0 fully saturated rings. The van der Waals surface area contributed by atoms with Crippen molar-refractivity contribution < 1.29 is 0 Å². The summed E-state index contributed by atoms with van der Waals surface area (Å²) in [5, 5.41) is 10.4. The lowest BCUT2D eigenvalue weighted by atomic mass is 9.50. The first kappa shape index (κ1) is 31.3. The highest BCUT2D eigenvalue weighted by molar-refractivity contribution is 6.16. The van der Waals surface area contributed by atoms with E-state index in [2.05, 4.69) is 215 Å². The largest absolute Gasteiger partial charge is 0.309 e. The minimum absolute atomic E-state index is 0.513. The van der Waals surface area contributed by atoms with Crippen molar-refractivity contribution in [2.75, 3.05) is 0 Å². The number of hydrogen-bond acceptors (Lipinski definition) is 0. The first-order chi connectivity index (χ1) is 29.8. The van der Waals surface area contributed by atoms with Gasteiger partial charge in [-0.05, 0) is 91.7 Å². The quantitative estimate of drug-likeness (QED) is 0.166. The number of rotatable bonds is 2. The Morgan fingerprint density at radius 1 is 0.233 bits per heavy atom. The van der Waals surface area contributed by atoms with Gasteiger partial charge in [-0.15, -0.1) is 0 Å². The predicted molar refractivity (Wildman–Crippen MR) is 248 cm³/mol. The molecule has 0 bridgehead atoms. The van der Waals surface area contributed by atoms with E-state index in [1.54, 1.807) is 0 Å². The van der Waals surface area contributed by atoms with Crippen LogP contribution in [0.5, 0.6) is 0 Å². The summed E-state index contributed by atoms with van der Waals surface area (Å²) < 4.78 is 5.02. The average Bonchev–Trinajstić information content (AvgIpc) is 4.00. The molecule has 3 aliphatic rings. The molecule has 12 aromatic rings. The molecule has 10 aromatic carbocycles. The number of nitrogens with zero attached hydrogens (tertiary/aromatic N) is 2. The monoisotopic (exact) mass is 758 g/mol. The summed E-state index contributed by atoms with van der Waals surface area (Å²) >= 11 is 0. The molecule has 0 saturated heterocycles. The van der Waals surface area contributed by atoms with Crippen molar-refractivity contribution in [3.8, 4) is 22.5 Å². The zero-order valence-corrected chi connectivity index (χ0v) is 32.5. The normalized spacial score (nSPS) is 18.1. The van der Waals surface area contributed by atoms with Crippen molar-refractivity contribution in [2.24, 2.45) is 0 Å². The lowest BCUT2D eigenvalue weighted by Crippen LogP contribution is -2.48. The zero-order chi connectivity index (χ0) is 38.9. The molecule has 0 amide bonds. The highest BCUT2D eigenvalue weighted by Crippen LogP contribution is 2.75. The second-order valence-corrected chi connectivity index (χ2v) is 17.1. The molecule has 15 rings (SSSR count). The van der Waals surface area contributed by atoms with E-state index in [-0.39, 0.29) is 0 Å². The molecule has 0 spiro atoms. The molecule has 0 radical (unpaired) electrons. The summed E-state index contributed by atoms with van der Waals surface area (Å²) in [7, 11) is 0. The number of aromatic nitrogens is 2. The highest BCUT2D eigenvalue weighted by Gasteiger charge is 2.69. The molecule has 3 aliphatic carbocycles. The van der Waals surface area contributed by atoms with Gasteiger partial charge < -0.3 is 9.13 Å². The number of benzene rings is 10. The van der Waals surface area contributed by atoms with E-state index in [0.717, 1.165) is 0 Å². The van der Waals surface area contributed by atoms with Gasteiger partial charge in [0, 0.05) is 32.3 Å². The van der Waals surface area contributed by atoms with E-state index in [4.69, 9.17) is 0 Å². The summed E-state index contributed by atoms with van der Waals surface area (Å²) in [4.78, 5) is 0. The Balaban J connectivity index is 1.13. The van der Waals surface area contributed by atoms with Crippen LogP contribution in [0.4, 0.5) is 0 Å². The van der Waals surface area contributed by atoms with Gasteiger partial charge in [0.15, 0.2) is 0 Å². The van der Waals surface area contributed by atoms with Crippen LogP contribution in [0.3, 0.4) is 0 Å². The van der Waals surface area contributed by atoms with Crippen LogP contribution < -0.4 is 0 Å². The zero-order valence-electron chi connectivity index (χ0n) is 32.5. The Morgan fingerprint density at radius 3 is 0.933 bits per heavy atom. The van der Waals surface area contributed by atoms with E-state index >= 15 is 0 Å². The van der Waals surface area contributed by atoms with Crippen LogP contribution in [-0.4, -0.2) is 9.13 Å². The van der Waals surface area contributed by atoms with Gasteiger partial charge in [0.2, 0.25) is 0 Å². The van der Waals surface area contributed by atoms with E-state index < -0.39 is 10.8 Å². The molecule has 2 heterocycles. The summed E-state index contributed by atoms with van der Waals surface area (Å²) in [6.45, 7) is 0. The topological polar surface area (TPSA) is 9.86 Å². The Labute approximate surface area is 345 Å². The van der Waals surface area contributed by atoms with Crippen LogP contribution in [0, 0.1) is 0 Å². The van der Waals surface area contributed by atoms with Gasteiger partial charge in [-0.2, -0.15) is 0 Å². The standard InChI is InChI=1S/C58H34N2/c1-7-23-43-35(15-1)36-16-2-8-24-44(36)58-47-31-33-53(59-49-27-9-3-17-37(49)38-18-4-10-28-50(38)59)41-21-13-25-45(55(41)47)57(43,58)46-26-14-22-42-54(34-32-48(58)56(42)46)60-51-29-11-5-19-39(51)40-20-6-12-30-52(40)60/h1-34H. The van der Waals surface area contributed by atoms with Crippen LogP contribution >= 0.6 is 0 Å². The first-order valence-electron chi connectivity index (χ1n) is 21.1. The molecule has 2 heteroatoms. The smallest absolute Gasteiger partial charge is 0.0648 e. The van der Waals surface area contributed by atoms with Crippen molar-refractivity contribution >= 4 is 65.2 Å². The molecule has 0 unspecified atom stereocenters. The van der Waals surface area contributed by atoms with E-state index in [1.807, 2.05) is 0 Å². The van der Waals surface area contributed by atoms with E-state index in [1.165, 1.54) is 121 Å². The fraction of sp³-hybridized carbons (Fsp3) is 0.0345. The number of para-hydroxylation sites is 4. The van der Waals surface area contributed by atoms with Gasteiger partial charge in [0.25, 0.3) is 0 Å². The van der Waals surface area contributed by atoms with Crippen molar-refractivity contribution in [1.82, 2.24) is 9.13 Å². The second-order valence-electron chi connectivity index (χ2n) is 17.1. The minimum Gasteiger partial charge on any atom is -0.309 e. The summed E-state index contributed by atoms with van der Waals surface area (Å²) in [5.74, 6) is 0. The van der Waals surface area contributed by atoms with Crippen molar-refractivity contribution in [2.45, 2.75) is 10.8 Å². The van der Waals surface area contributed by atoms with Gasteiger partial charge in [-0.25, -0.2) is 0 Å². The van der Waals surface area contributed by atoms with Gasteiger partial charge in [-0.1, -0.05) is 170 Å². The van der Waals surface area contributed by atoms with Gasteiger partial charge >= 0.3 is 0 Å². The predicted octanol–water partition coefficient (Wildman–Crippen LogP) is 14.2. The number of hydrogen-bond donors (Lipinski definition) is 0. The number of fused-ring (bicyclic) bond motifs is 9. The third kappa shape index (κ3) is 3.28. The maximum atomic E-state index is 2.51. The fourth-order valence-corrected chi connectivity index (χ4v) is 13.0. The highest BCUT2D eigenvalue weighted by atomic mass is 15.0. The minimum atomic E-state index is -0.513. The molecular formula is C58H34N2. The van der Waals surface area contributed by atoms with Gasteiger partial charge in [-0.3, -0.25) is 0 Å². The van der Waals surface area contributed by atoms with E-state index in [0.29, 0.717) is 0 Å². The summed E-state index contributed by atoms with van der Waals surface area (Å²) in [6, 6.07) is 78.4. The molecule has 0 atom stereocenters. The maximum Gasteiger partial charge on any atom is 0.0648 e. The van der Waals surface area contributed by atoms with Crippen LogP contribution in [0.25, 0.3) is 87.7 Å². The molecule has 2 nitrogen and oxygen atoms in total. The lowest BCUT2D eigenvalue weighted by molar-refractivity contribution is 0.461. The van der Waals surface area contributed by atoms with Crippen LogP contribution in [0.15, 0.2) is 206 Å². The Bertz CT molecular complexity index is 3530. The molecular weight excluding hydrogens is 725 g/mol. The van der Waals surface area contributed by atoms with Crippen molar-refractivity contribution in [1.29, 1.82) is 0 Å². The second kappa shape index (κ2) is 10.7. The summed E-state index contributed by atoms with van der Waals surface area (Å²) in [6.07, 6.45) is 0. The van der Waals surface area contributed by atoms with Gasteiger partial charge in [0.1, 0.15) is 0 Å². The van der Waals surface area contributed by atoms with Gasteiger partial charge in [0.05, 0.1) is 44.3 Å². The third-order valence-corrected chi connectivity index (χ3v) is 14.8. The fourth-order valence-electron chi connectivity index (χ4n) is 13.0. The Kier molecular flexibility index (Phi) is 5.58. The molecule has 276 valence electrons. The SMILES string of the molecule is c1ccc2c(c1)-c1ccccc1C13c4ccc(-n5c6ccccc6c6ccccc65)c5cccc(c45)C21c1cccc2c(-n4c5ccccc5c5ccccc54)ccc3c12. The van der Waals surface area contributed by atoms with Crippen molar-refractivity contribution in [3.05, 3.63) is 240 Å². The Morgan fingerprint density at radius 2 is 0.533 bits per heavy atom. The molecule has 0 saturated carbocycles. The maximum absolute atomic E-state index is 2.51. The van der Waals surface area contributed by atoms with E-state index in [9.17, 15) is 0 Å². The van der Waals surface area contributed by atoms with Crippen molar-refractivity contribution in [3.63, 3.8) is 0 Å².